The monoisotopic (exact) mass is 191 g/mol. The van der Waals surface area contributed by atoms with Crippen molar-refractivity contribution in [2.75, 3.05) is 0 Å². The second-order valence-electron chi connectivity index (χ2n) is 3.78. The summed E-state index contributed by atoms with van der Waals surface area (Å²) in [5, 5.41) is 2.80. The molecule has 0 amide bonds. The fourth-order valence-electron chi connectivity index (χ4n) is 1.80. The minimum Gasteiger partial charge on any atom is -0.279 e. The Hall–Kier alpha value is -1.58. The summed E-state index contributed by atoms with van der Waals surface area (Å²) in [5.41, 5.74) is 2.55. The zero-order valence-corrected chi connectivity index (χ0v) is 8.53. The highest BCUT2D eigenvalue weighted by Crippen LogP contribution is 2.15. The van der Waals surface area contributed by atoms with E-state index in [2.05, 4.69) is 10.1 Å². The van der Waals surface area contributed by atoms with Crippen molar-refractivity contribution in [2.45, 2.75) is 26.7 Å². The SMILES string of the molecule is Cc1cc2nc[nH]n2c(=O)c1C(C)C. The lowest BCUT2D eigenvalue weighted by atomic mass is 10.0. The highest BCUT2D eigenvalue weighted by Gasteiger charge is 2.11. The molecule has 0 radical (unpaired) electrons. The number of H-pyrrole nitrogens is 1. The van der Waals surface area contributed by atoms with Gasteiger partial charge in [-0.05, 0) is 24.5 Å². The van der Waals surface area contributed by atoms with Gasteiger partial charge in [-0.25, -0.2) is 9.50 Å². The molecule has 0 aliphatic rings. The summed E-state index contributed by atoms with van der Waals surface area (Å²) in [7, 11) is 0. The number of rotatable bonds is 1. The summed E-state index contributed by atoms with van der Waals surface area (Å²) in [5.74, 6) is 0.239. The van der Waals surface area contributed by atoms with Gasteiger partial charge in [0.25, 0.3) is 5.56 Å². The van der Waals surface area contributed by atoms with E-state index in [1.165, 1.54) is 10.8 Å². The van der Waals surface area contributed by atoms with Gasteiger partial charge < -0.3 is 0 Å². The molecule has 2 heterocycles. The summed E-state index contributed by atoms with van der Waals surface area (Å²) in [6.07, 6.45) is 1.53. The van der Waals surface area contributed by atoms with Gasteiger partial charge in [0.1, 0.15) is 6.33 Å². The lowest BCUT2D eigenvalue weighted by molar-refractivity contribution is 0.800. The number of hydrogen-bond donors (Lipinski definition) is 1. The molecule has 0 spiro atoms. The molecule has 1 N–H and O–H groups in total. The summed E-state index contributed by atoms with van der Waals surface area (Å²) < 4.78 is 1.47. The molecule has 0 aromatic carbocycles. The van der Waals surface area contributed by atoms with Crippen LogP contribution in [0.15, 0.2) is 17.2 Å². The van der Waals surface area contributed by atoms with Crippen molar-refractivity contribution >= 4 is 5.65 Å². The van der Waals surface area contributed by atoms with Crippen LogP contribution in [0.4, 0.5) is 0 Å². The van der Waals surface area contributed by atoms with Gasteiger partial charge in [-0.1, -0.05) is 13.8 Å². The second-order valence-corrected chi connectivity index (χ2v) is 3.78. The van der Waals surface area contributed by atoms with Gasteiger partial charge >= 0.3 is 0 Å². The van der Waals surface area contributed by atoms with Crippen LogP contribution in [-0.4, -0.2) is 14.6 Å². The van der Waals surface area contributed by atoms with Crippen molar-refractivity contribution in [3.05, 3.63) is 33.9 Å². The first-order valence-corrected chi connectivity index (χ1v) is 4.67. The van der Waals surface area contributed by atoms with Crippen LogP contribution in [0.5, 0.6) is 0 Å². The number of nitrogens with one attached hydrogen (secondary N) is 1. The Morgan fingerprint density at radius 1 is 1.50 bits per heavy atom. The van der Waals surface area contributed by atoms with Crippen LogP contribution in [0.2, 0.25) is 0 Å². The Morgan fingerprint density at radius 2 is 2.21 bits per heavy atom. The molecule has 0 atom stereocenters. The minimum atomic E-state index is 0.00694. The molecule has 2 rings (SSSR count). The number of fused-ring (bicyclic) bond motifs is 1. The molecular formula is C10H13N3O. The zero-order valence-electron chi connectivity index (χ0n) is 8.53. The molecule has 0 unspecified atom stereocenters. The molecule has 0 aliphatic carbocycles. The van der Waals surface area contributed by atoms with E-state index in [-0.39, 0.29) is 11.5 Å². The molecule has 4 heteroatoms. The molecule has 0 aliphatic heterocycles. The summed E-state index contributed by atoms with van der Waals surface area (Å²) >= 11 is 0. The third-order valence-corrected chi connectivity index (χ3v) is 2.39. The van der Waals surface area contributed by atoms with Crippen molar-refractivity contribution in [1.29, 1.82) is 0 Å². The van der Waals surface area contributed by atoms with E-state index in [0.29, 0.717) is 5.65 Å². The Labute approximate surface area is 81.6 Å². The van der Waals surface area contributed by atoms with Crippen molar-refractivity contribution in [3.63, 3.8) is 0 Å². The molecule has 2 aromatic rings. The fraction of sp³-hybridized carbons (Fsp3) is 0.400. The predicted molar refractivity (Wildman–Crippen MR) is 54.6 cm³/mol. The average Bonchev–Trinajstić information content (AvgIpc) is 2.50. The van der Waals surface area contributed by atoms with Gasteiger partial charge in [0.15, 0.2) is 5.65 Å². The first-order valence-electron chi connectivity index (χ1n) is 4.67. The highest BCUT2D eigenvalue weighted by molar-refractivity contribution is 5.43. The highest BCUT2D eigenvalue weighted by atomic mass is 16.1. The maximum Gasteiger partial charge on any atom is 0.274 e. The quantitative estimate of drug-likeness (QED) is 0.741. The van der Waals surface area contributed by atoms with Crippen LogP contribution in [0, 0.1) is 6.92 Å². The van der Waals surface area contributed by atoms with Crippen LogP contribution < -0.4 is 5.56 Å². The Balaban J connectivity index is 2.90. The molecular weight excluding hydrogens is 178 g/mol. The molecule has 2 aromatic heterocycles. The predicted octanol–water partition coefficient (Wildman–Crippen LogP) is 1.45. The van der Waals surface area contributed by atoms with Crippen LogP contribution in [0.3, 0.4) is 0 Å². The van der Waals surface area contributed by atoms with Gasteiger partial charge in [0, 0.05) is 5.56 Å². The Morgan fingerprint density at radius 3 is 2.86 bits per heavy atom. The minimum absolute atomic E-state index is 0.00694. The number of aromatic nitrogens is 3. The normalized spacial score (nSPS) is 11.4. The van der Waals surface area contributed by atoms with E-state index in [1.807, 2.05) is 26.8 Å². The fourth-order valence-corrected chi connectivity index (χ4v) is 1.80. The molecule has 0 saturated heterocycles. The third-order valence-electron chi connectivity index (χ3n) is 2.39. The molecule has 0 saturated carbocycles. The number of hydrogen-bond acceptors (Lipinski definition) is 2. The van der Waals surface area contributed by atoms with E-state index in [9.17, 15) is 4.79 Å². The topological polar surface area (TPSA) is 50.2 Å². The first kappa shape index (κ1) is 8.99. The lowest BCUT2D eigenvalue weighted by Crippen LogP contribution is -2.21. The van der Waals surface area contributed by atoms with Crippen molar-refractivity contribution in [3.8, 4) is 0 Å². The number of nitrogens with zero attached hydrogens (tertiary/aromatic N) is 2. The number of aryl methyl sites for hydroxylation is 1. The van der Waals surface area contributed by atoms with Gasteiger partial charge in [-0.2, -0.15) is 0 Å². The Kier molecular flexibility index (Phi) is 1.91. The van der Waals surface area contributed by atoms with E-state index < -0.39 is 0 Å². The van der Waals surface area contributed by atoms with Crippen LogP contribution in [0.25, 0.3) is 5.65 Å². The van der Waals surface area contributed by atoms with E-state index in [0.717, 1.165) is 11.1 Å². The van der Waals surface area contributed by atoms with Crippen molar-refractivity contribution in [2.24, 2.45) is 0 Å². The maximum absolute atomic E-state index is 11.9. The third kappa shape index (κ3) is 1.14. The molecule has 74 valence electrons. The summed E-state index contributed by atoms with van der Waals surface area (Å²) in [4.78, 5) is 16.0. The van der Waals surface area contributed by atoms with Gasteiger partial charge in [-0.15, -0.1) is 0 Å². The second kappa shape index (κ2) is 2.97. The largest absolute Gasteiger partial charge is 0.279 e. The van der Waals surface area contributed by atoms with Crippen molar-refractivity contribution < 1.29 is 0 Å². The standard InChI is InChI=1S/C10H13N3O/c1-6(2)9-7(3)4-8-11-5-12-13(8)10(9)14/h4-6H,1-3H3,(H,11,12). The molecule has 14 heavy (non-hydrogen) atoms. The molecule has 4 nitrogen and oxygen atoms in total. The van der Waals surface area contributed by atoms with E-state index >= 15 is 0 Å². The van der Waals surface area contributed by atoms with Gasteiger partial charge in [0.2, 0.25) is 0 Å². The number of pyridine rings is 1. The summed E-state index contributed by atoms with van der Waals surface area (Å²) in [6, 6.07) is 1.92. The van der Waals surface area contributed by atoms with Crippen LogP contribution in [0.1, 0.15) is 30.9 Å². The van der Waals surface area contributed by atoms with Crippen LogP contribution in [-0.2, 0) is 0 Å². The van der Waals surface area contributed by atoms with Gasteiger partial charge in [-0.3, -0.25) is 9.89 Å². The van der Waals surface area contributed by atoms with Gasteiger partial charge in [0.05, 0.1) is 0 Å². The smallest absolute Gasteiger partial charge is 0.274 e. The van der Waals surface area contributed by atoms with Crippen molar-refractivity contribution in [1.82, 2.24) is 14.6 Å². The van der Waals surface area contributed by atoms with E-state index in [1.54, 1.807) is 0 Å². The molecule has 0 bridgehead atoms. The molecule has 0 fully saturated rings. The summed E-state index contributed by atoms with van der Waals surface area (Å²) in [6.45, 7) is 5.99. The maximum atomic E-state index is 11.9. The Bertz CT molecular complexity index is 522. The number of aromatic amines is 1. The first-order chi connectivity index (χ1) is 6.61. The van der Waals surface area contributed by atoms with Crippen LogP contribution >= 0.6 is 0 Å². The average molecular weight is 191 g/mol. The zero-order chi connectivity index (χ0) is 10.3. The van der Waals surface area contributed by atoms with E-state index in [4.69, 9.17) is 0 Å². The lowest BCUT2D eigenvalue weighted by Gasteiger charge is -2.08.